The van der Waals surface area contributed by atoms with Gasteiger partial charge in [-0.1, -0.05) is 30.9 Å². The van der Waals surface area contributed by atoms with Crippen molar-refractivity contribution in [1.29, 1.82) is 0 Å². The van der Waals surface area contributed by atoms with E-state index in [0.717, 1.165) is 31.4 Å². The third kappa shape index (κ3) is 9.52. The lowest BCUT2D eigenvalue weighted by molar-refractivity contribution is -0.120. The molecule has 0 heterocycles. The van der Waals surface area contributed by atoms with E-state index in [2.05, 4.69) is 16.0 Å². The lowest BCUT2D eigenvalue weighted by Gasteiger charge is -2.22. The molecule has 7 heteroatoms. The summed E-state index contributed by atoms with van der Waals surface area (Å²) in [4.78, 5) is 23.6. The zero-order valence-corrected chi connectivity index (χ0v) is 16.5. The Kier molecular flexibility index (Phi) is 9.84. The molecule has 3 amide bonds. The molecule has 2 rings (SSSR count). The SMILES string of the molecule is O=C(CCNC(=O)NC1CCCCC1)NCCCCOc1ccc(Cl)cc1. The van der Waals surface area contributed by atoms with Gasteiger partial charge in [0.1, 0.15) is 5.75 Å². The molecule has 1 aromatic carbocycles. The van der Waals surface area contributed by atoms with E-state index in [1.54, 1.807) is 12.1 Å². The van der Waals surface area contributed by atoms with Crippen LogP contribution in [0, 0.1) is 0 Å². The number of hydrogen-bond acceptors (Lipinski definition) is 3. The first-order valence-electron chi connectivity index (χ1n) is 9.83. The van der Waals surface area contributed by atoms with Crippen molar-refractivity contribution in [1.82, 2.24) is 16.0 Å². The minimum Gasteiger partial charge on any atom is -0.494 e. The third-order valence-electron chi connectivity index (χ3n) is 4.55. The van der Waals surface area contributed by atoms with Gasteiger partial charge in [0.2, 0.25) is 5.91 Å². The van der Waals surface area contributed by atoms with Crippen LogP contribution in [-0.4, -0.2) is 37.7 Å². The molecule has 0 unspecified atom stereocenters. The van der Waals surface area contributed by atoms with Crippen molar-refractivity contribution in [3.63, 3.8) is 0 Å². The van der Waals surface area contributed by atoms with Crippen LogP contribution in [0.2, 0.25) is 5.02 Å². The average Bonchev–Trinajstić information content (AvgIpc) is 2.67. The van der Waals surface area contributed by atoms with Crippen molar-refractivity contribution in [3.8, 4) is 5.75 Å². The van der Waals surface area contributed by atoms with E-state index < -0.39 is 0 Å². The van der Waals surface area contributed by atoms with Crippen molar-refractivity contribution < 1.29 is 14.3 Å². The van der Waals surface area contributed by atoms with Crippen molar-refractivity contribution in [3.05, 3.63) is 29.3 Å². The van der Waals surface area contributed by atoms with Crippen LogP contribution in [0.15, 0.2) is 24.3 Å². The summed E-state index contributed by atoms with van der Waals surface area (Å²) in [7, 11) is 0. The average molecular weight is 396 g/mol. The Bertz CT molecular complexity index is 574. The Hall–Kier alpha value is -1.95. The first-order valence-corrected chi connectivity index (χ1v) is 10.2. The van der Waals surface area contributed by atoms with E-state index >= 15 is 0 Å². The predicted molar refractivity (Wildman–Crippen MR) is 107 cm³/mol. The van der Waals surface area contributed by atoms with Gasteiger partial charge in [-0.15, -0.1) is 0 Å². The molecule has 1 fully saturated rings. The zero-order chi connectivity index (χ0) is 19.3. The highest BCUT2D eigenvalue weighted by Crippen LogP contribution is 2.17. The van der Waals surface area contributed by atoms with E-state index in [9.17, 15) is 9.59 Å². The molecule has 6 nitrogen and oxygen atoms in total. The second-order valence-electron chi connectivity index (χ2n) is 6.84. The molecule has 0 saturated heterocycles. The summed E-state index contributed by atoms with van der Waals surface area (Å²) in [5.41, 5.74) is 0. The van der Waals surface area contributed by atoms with Gasteiger partial charge in [-0.3, -0.25) is 4.79 Å². The van der Waals surface area contributed by atoms with Gasteiger partial charge in [0, 0.05) is 30.6 Å². The first-order chi connectivity index (χ1) is 13.1. The van der Waals surface area contributed by atoms with Crippen LogP contribution in [0.5, 0.6) is 5.75 Å². The Labute approximate surface area is 166 Å². The van der Waals surface area contributed by atoms with Crippen LogP contribution in [0.25, 0.3) is 0 Å². The molecule has 1 saturated carbocycles. The number of halogens is 1. The van der Waals surface area contributed by atoms with Gasteiger partial charge in [-0.2, -0.15) is 0 Å². The fourth-order valence-electron chi connectivity index (χ4n) is 3.04. The number of urea groups is 1. The molecular weight excluding hydrogens is 366 g/mol. The monoisotopic (exact) mass is 395 g/mol. The molecular formula is C20H30ClN3O3. The van der Waals surface area contributed by atoms with E-state index in [4.69, 9.17) is 16.3 Å². The first kappa shape index (κ1) is 21.4. The summed E-state index contributed by atoms with van der Waals surface area (Å²) in [5, 5.41) is 9.27. The summed E-state index contributed by atoms with van der Waals surface area (Å²) < 4.78 is 5.60. The minimum absolute atomic E-state index is 0.0495. The Balaban J connectivity index is 1.42. The van der Waals surface area contributed by atoms with Crippen LogP contribution in [0.1, 0.15) is 51.4 Å². The second-order valence-corrected chi connectivity index (χ2v) is 7.28. The van der Waals surface area contributed by atoms with Crippen LogP contribution in [0.4, 0.5) is 4.79 Å². The highest BCUT2D eigenvalue weighted by atomic mass is 35.5. The molecule has 1 aromatic rings. The maximum atomic E-state index is 11.8. The number of rotatable bonds is 10. The standard InChI is InChI=1S/C20H30ClN3O3/c21-16-8-10-18(11-9-16)27-15-5-4-13-22-19(25)12-14-23-20(26)24-17-6-2-1-3-7-17/h8-11,17H,1-7,12-15H2,(H,22,25)(H2,23,24,26). The van der Waals surface area contributed by atoms with Gasteiger partial charge >= 0.3 is 6.03 Å². The van der Waals surface area contributed by atoms with E-state index in [-0.39, 0.29) is 18.0 Å². The van der Waals surface area contributed by atoms with Crippen LogP contribution in [0.3, 0.4) is 0 Å². The number of unbranched alkanes of at least 4 members (excludes halogenated alkanes) is 1. The fourth-order valence-corrected chi connectivity index (χ4v) is 3.16. The molecule has 27 heavy (non-hydrogen) atoms. The van der Waals surface area contributed by atoms with E-state index in [1.807, 2.05) is 12.1 Å². The number of benzene rings is 1. The number of nitrogens with one attached hydrogen (secondary N) is 3. The number of hydrogen-bond donors (Lipinski definition) is 3. The second kappa shape index (κ2) is 12.4. The number of carbonyl (C=O) groups is 2. The number of carbonyl (C=O) groups excluding carboxylic acids is 2. The lowest BCUT2D eigenvalue weighted by atomic mass is 9.96. The van der Waals surface area contributed by atoms with Crippen LogP contribution >= 0.6 is 11.6 Å². The normalized spacial score (nSPS) is 14.4. The van der Waals surface area contributed by atoms with Gasteiger partial charge in [0.05, 0.1) is 6.61 Å². The van der Waals surface area contributed by atoms with E-state index in [0.29, 0.717) is 31.1 Å². The summed E-state index contributed by atoms with van der Waals surface area (Å²) in [5.74, 6) is 0.743. The number of amides is 3. The summed E-state index contributed by atoms with van der Waals surface area (Å²) in [6.45, 7) is 1.56. The fraction of sp³-hybridized carbons (Fsp3) is 0.600. The minimum atomic E-state index is -0.172. The highest BCUT2D eigenvalue weighted by molar-refractivity contribution is 6.30. The Morgan fingerprint density at radius 2 is 1.74 bits per heavy atom. The van der Waals surface area contributed by atoms with Gasteiger partial charge in [-0.25, -0.2) is 4.79 Å². The van der Waals surface area contributed by atoms with Crippen molar-refractivity contribution in [2.24, 2.45) is 0 Å². The van der Waals surface area contributed by atoms with Crippen LogP contribution < -0.4 is 20.7 Å². The highest BCUT2D eigenvalue weighted by Gasteiger charge is 2.15. The predicted octanol–water partition coefficient (Wildman–Crippen LogP) is 3.64. The number of ether oxygens (including phenoxy) is 1. The molecule has 0 spiro atoms. The summed E-state index contributed by atoms with van der Waals surface area (Å²) in [6.07, 6.45) is 7.70. The van der Waals surface area contributed by atoms with Crippen LogP contribution in [-0.2, 0) is 4.79 Å². The van der Waals surface area contributed by atoms with Gasteiger partial charge in [0.25, 0.3) is 0 Å². The molecule has 150 valence electrons. The lowest BCUT2D eigenvalue weighted by Crippen LogP contribution is -2.43. The molecule has 0 atom stereocenters. The molecule has 0 aromatic heterocycles. The molecule has 0 bridgehead atoms. The van der Waals surface area contributed by atoms with Crippen molar-refractivity contribution >= 4 is 23.5 Å². The van der Waals surface area contributed by atoms with Gasteiger partial charge < -0.3 is 20.7 Å². The topological polar surface area (TPSA) is 79.5 Å². The smallest absolute Gasteiger partial charge is 0.315 e. The quantitative estimate of drug-likeness (QED) is 0.529. The maximum absolute atomic E-state index is 11.8. The third-order valence-corrected chi connectivity index (χ3v) is 4.81. The van der Waals surface area contributed by atoms with Crippen molar-refractivity contribution in [2.75, 3.05) is 19.7 Å². The molecule has 0 radical (unpaired) electrons. The van der Waals surface area contributed by atoms with E-state index in [1.165, 1.54) is 19.3 Å². The summed E-state index contributed by atoms with van der Waals surface area (Å²) in [6, 6.07) is 7.36. The molecule has 1 aliphatic rings. The molecule has 0 aliphatic heterocycles. The zero-order valence-electron chi connectivity index (χ0n) is 15.8. The Morgan fingerprint density at radius 3 is 2.48 bits per heavy atom. The molecule has 1 aliphatic carbocycles. The van der Waals surface area contributed by atoms with Gasteiger partial charge in [0.15, 0.2) is 0 Å². The molecule has 3 N–H and O–H groups in total. The largest absolute Gasteiger partial charge is 0.494 e. The maximum Gasteiger partial charge on any atom is 0.315 e. The Morgan fingerprint density at radius 1 is 1.00 bits per heavy atom. The summed E-state index contributed by atoms with van der Waals surface area (Å²) >= 11 is 5.82. The van der Waals surface area contributed by atoms with Crippen molar-refractivity contribution in [2.45, 2.75) is 57.4 Å². The van der Waals surface area contributed by atoms with Gasteiger partial charge in [-0.05, 0) is 49.9 Å².